The Morgan fingerprint density at radius 1 is 1.31 bits per heavy atom. The summed E-state index contributed by atoms with van der Waals surface area (Å²) in [6.07, 6.45) is 6.72. The second kappa shape index (κ2) is 6.02. The van der Waals surface area contributed by atoms with Gasteiger partial charge in [-0.1, -0.05) is 27.2 Å². The van der Waals surface area contributed by atoms with Crippen LogP contribution in [-0.4, -0.2) is 17.8 Å². The van der Waals surface area contributed by atoms with E-state index in [2.05, 4.69) is 20.8 Å². The minimum atomic E-state index is -0.199. The molecule has 0 aromatic carbocycles. The third-order valence-electron chi connectivity index (χ3n) is 4.49. The lowest BCUT2D eigenvalue weighted by Gasteiger charge is -2.43. The van der Waals surface area contributed by atoms with Gasteiger partial charge in [-0.25, -0.2) is 0 Å². The Hall–Kier alpha value is -0.0800. The molecule has 0 amide bonds. The van der Waals surface area contributed by atoms with Gasteiger partial charge < -0.3 is 10.8 Å². The van der Waals surface area contributed by atoms with Crippen LogP contribution < -0.4 is 5.73 Å². The summed E-state index contributed by atoms with van der Waals surface area (Å²) in [5, 5.41) is 10.4. The minimum absolute atomic E-state index is 0.0238. The molecular weight excluding hydrogens is 198 g/mol. The summed E-state index contributed by atoms with van der Waals surface area (Å²) < 4.78 is 0. The molecule has 1 aliphatic rings. The predicted molar refractivity (Wildman–Crippen MR) is 69.2 cm³/mol. The number of aliphatic hydroxyl groups excluding tert-OH is 1. The average molecular weight is 227 g/mol. The van der Waals surface area contributed by atoms with Gasteiger partial charge in [0.1, 0.15) is 0 Å². The molecule has 0 aromatic rings. The summed E-state index contributed by atoms with van der Waals surface area (Å²) in [6.45, 7) is 7.26. The zero-order chi connectivity index (χ0) is 12.2. The lowest BCUT2D eigenvalue weighted by atomic mass is 9.65. The highest BCUT2D eigenvalue weighted by atomic mass is 16.3. The summed E-state index contributed by atoms with van der Waals surface area (Å²) in [5.74, 6) is 1.42. The van der Waals surface area contributed by atoms with Gasteiger partial charge >= 0.3 is 0 Å². The lowest BCUT2D eigenvalue weighted by molar-refractivity contribution is -0.0200. The fourth-order valence-corrected chi connectivity index (χ4v) is 3.03. The van der Waals surface area contributed by atoms with Gasteiger partial charge in [0.2, 0.25) is 0 Å². The molecule has 3 N–H and O–H groups in total. The summed E-state index contributed by atoms with van der Waals surface area (Å²) in [5.41, 5.74) is 5.97. The standard InChI is InChI=1S/C14H29NO/c1-4-12-5-7-14(10-15,8-6-12)13(16)9-11(2)3/h11-13,16H,4-10,15H2,1-3H3. The maximum Gasteiger partial charge on any atom is 0.0610 e. The summed E-state index contributed by atoms with van der Waals surface area (Å²) in [4.78, 5) is 0. The second-order valence-electron chi connectivity index (χ2n) is 6.06. The zero-order valence-electron chi connectivity index (χ0n) is 11.2. The molecule has 0 aromatic heterocycles. The lowest BCUT2D eigenvalue weighted by Crippen LogP contribution is -2.45. The van der Waals surface area contributed by atoms with Crippen molar-refractivity contribution < 1.29 is 5.11 Å². The normalized spacial score (nSPS) is 33.0. The van der Waals surface area contributed by atoms with Gasteiger partial charge in [-0.2, -0.15) is 0 Å². The molecule has 1 saturated carbocycles. The van der Waals surface area contributed by atoms with Crippen LogP contribution in [0.2, 0.25) is 0 Å². The van der Waals surface area contributed by atoms with Crippen LogP contribution in [0.3, 0.4) is 0 Å². The molecule has 1 aliphatic carbocycles. The minimum Gasteiger partial charge on any atom is -0.392 e. The van der Waals surface area contributed by atoms with E-state index >= 15 is 0 Å². The SMILES string of the molecule is CCC1CCC(CN)(C(O)CC(C)C)CC1. The van der Waals surface area contributed by atoms with Crippen LogP contribution in [-0.2, 0) is 0 Å². The summed E-state index contributed by atoms with van der Waals surface area (Å²) in [7, 11) is 0. The van der Waals surface area contributed by atoms with Crippen molar-refractivity contribution in [2.75, 3.05) is 6.54 Å². The van der Waals surface area contributed by atoms with Crippen molar-refractivity contribution in [2.24, 2.45) is 23.0 Å². The molecular formula is C14H29NO. The molecule has 1 atom stereocenters. The van der Waals surface area contributed by atoms with E-state index in [1.165, 1.54) is 19.3 Å². The number of aliphatic hydroxyl groups is 1. The first-order valence-electron chi connectivity index (χ1n) is 6.92. The van der Waals surface area contributed by atoms with Crippen molar-refractivity contribution in [3.63, 3.8) is 0 Å². The van der Waals surface area contributed by atoms with E-state index < -0.39 is 0 Å². The van der Waals surface area contributed by atoms with Crippen molar-refractivity contribution in [3.05, 3.63) is 0 Å². The summed E-state index contributed by atoms with van der Waals surface area (Å²) in [6, 6.07) is 0. The third-order valence-corrected chi connectivity index (χ3v) is 4.49. The topological polar surface area (TPSA) is 46.2 Å². The van der Waals surface area contributed by atoms with Crippen molar-refractivity contribution in [1.82, 2.24) is 0 Å². The Bertz CT molecular complexity index is 195. The van der Waals surface area contributed by atoms with Crippen molar-refractivity contribution in [3.8, 4) is 0 Å². The van der Waals surface area contributed by atoms with Gasteiger partial charge in [-0.3, -0.25) is 0 Å². The molecule has 0 radical (unpaired) electrons. The quantitative estimate of drug-likeness (QED) is 0.758. The first-order valence-corrected chi connectivity index (χ1v) is 6.92. The fourth-order valence-electron chi connectivity index (χ4n) is 3.03. The molecule has 96 valence electrons. The highest BCUT2D eigenvalue weighted by molar-refractivity contribution is 4.92. The van der Waals surface area contributed by atoms with Crippen molar-refractivity contribution in [2.45, 2.75) is 65.4 Å². The second-order valence-corrected chi connectivity index (χ2v) is 6.06. The Kier molecular flexibility index (Phi) is 5.26. The number of hydrogen-bond acceptors (Lipinski definition) is 2. The van der Waals surface area contributed by atoms with Crippen molar-refractivity contribution >= 4 is 0 Å². The van der Waals surface area contributed by atoms with Crippen LogP contribution in [0.15, 0.2) is 0 Å². The van der Waals surface area contributed by atoms with Gasteiger partial charge in [-0.15, -0.1) is 0 Å². The first-order chi connectivity index (χ1) is 7.54. The van der Waals surface area contributed by atoms with Gasteiger partial charge in [0.05, 0.1) is 6.10 Å². The van der Waals surface area contributed by atoms with Crippen LogP contribution in [0.1, 0.15) is 59.3 Å². The molecule has 0 spiro atoms. The Morgan fingerprint density at radius 3 is 2.25 bits per heavy atom. The molecule has 0 bridgehead atoms. The molecule has 1 fully saturated rings. The maximum atomic E-state index is 10.4. The monoisotopic (exact) mass is 227 g/mol. The molecule has 1 unspecified atom stereocenters. The fraction of sp³-hybridized carbons (Fsp3) is 1.00. The predicted octanol–water partition coefficient (Wildman–Crippen LogP) is 2.94. The zero-order valence-corrected chi connectivity index (χ0v) is 11.2. The van der Waals surface area contributed by atoms with Crippen LogP contribution in [0, 0.1) is 17.3 Å². The third kappa shape index (κ3) is 3.21. The Morgan fingerprint density at radius 2 is 1.88 bits per heavy atom. The molecule has 0 saturated heterocycles. The van der Waals surface area contributed by atoms with E-state index in [4.69, 9.17) is 5.73 Å². The number of hydrogen-bond donors (Lipinski definition) is 2. The number of rotatable bonds is 5. The average Bonchev–Trinajstić information content (AvgIpc) is 2.28. The molecule has 0 aliphatic heterocycles. The summed E-state index contributed by atoms with van der Waals surface area (Å²) >= 11 is 0. The van der Waals surface area contributed by atoms with E-state index in [9.17, 15) is 5.11 Å². The smallest absolute Gasteiger partial charge is 0.0610 e. The van der Waals surface area contributed by atoms with E-state index in [0.29, 0.717) is 12.5 Å². The molecule has 0 heterocycles. The van der Waals surface area contributed by atoms with Crippen LogP contribution >= 0.6 is 0 Å². The van der Waals surface area contributed by atoms with Gasteiger partial charge in [0.25, 0.3) is 0 Å². The number of nitrogens with two attached hydrogens (primary N) is 1. The van der Waals surface area contributed by atoms with Gasteiger partial charge in [0, 0.05) is 12.0 Å². The van der Waals surface area contributed by atoms with Gasteiger partial charge in [-0.05, 0) is 43.9 Å². The molecule has 2 nitrogen and oxygen atoms in total. The molecule has 2 heteroatoms. The largest absolute Gasteiger partial charge is 0.392 e. The van der Waals surface area contributed by atoms with E-state index in [1.807, 2.05) is 0 Å². The highest BCUT2D eigenvalue weighted by Gasteiger charge is 2.39. The highest BCUT2D eigenvalue weighted by Crippen LogP contribution is 2.43. The first kappa shape index (κ1) is 14.0. The molecule has 1 rings (SSSR count). The van der Waals surface area contributed by atoms with E-state index in [-0.39, 0.29) is 11.5 Å². The maximum absolute atomic E-state index is 10.4. The Balaban J connectivity index is 2.58. The van der Waals surface area contributed by atoms with Crippen LogP contribution in [0.5, 0.6) is 0 Å². The van der Waals surface area contributed by atoms with Crippen LogP contribution in [0.4, 0.5) is 0 Å². The van der Waals surface area contributed by atoms with E-state index in [1.54, 1.807) is 0 Å². The molecule has 16 heavy (non-hydrogen) atoms. The van der Waals surface area contributed by atoms with Crippen LogP contribution in [0.25, 0.3) is 0 Å². The van der Waals surface area contributed by atoms with Crippen molar-refractivity contribution in [1.29, 1.82) is 0 Å². The van der Waals surface area contributed by atoms with E-state index in [0.717, 1.165) is 25.2 Å². The Labute approximate surface area is 101 Å². The van der Waals surface area contributed by atoms with Gasteiger partial charge in [0.15, 0.2) is 0 Å².